The summed E-state index contributed by atoms with van der Waals surface area (Å²) in [5.74, 6) is 0.152. The van der Waals surface area contributed by atoms with Gasteiger partial charge in [0.25, 0.3) is 0 Å². The fraction of sp³-hybridized carbons (Fsp3) is 0.391. The Kier molecular flexibility index (Phi) is 5.79. The molecule has 0 unspecified atom stereocenters. The van der Waals surface area contributed by atoms with Gasteiger partial charge in [-0.15, -0.1) is 0 Å². The summed E-state index contributed by atoms with van der Waals surface area (Å²) >= 11 is 0. The molecule has 1 amide bonds. The van der Waals surface area contributed by atoms with E-state index in [-0.39, 0.29) is 29.3 Å². The second-order valence-corrected chi connectivity index (χ2v) is 7.82. The number of carbonyl (C=O) groups excluding carboxylic acids is 1. The first-order valence-corrected chi connectivity index (χ1v) is 10.2. The lowest BCUT2D eigenvalue weighted by Gasteiger charge is -2.34. The van der Waals surface area contributed by atoms with Crippen LogP contribution in [-0.4, -0.2) is 40.1 Å². The summed E-state index contributed by atoms with van der Waals surface area (Å²) in [6.45, 7) is 4.42. The average molecular weight is 395 g/mol. The van der Waals surface area contributed by atoms with Gasteiger partial charge in [0.2, 0.25) is 5.91 Å². The lowest BCUT2D eigenvalue weighted by Crippen LogP contribution is -2.44. The maximum atomic E-state index is 13.7. The number of hydrogen-bond acceptors (Lipinski definition) is 3. The Balaban J connectivity index is 1.35. The van der Waals surface area contributed by atoms with Gasteiger partial charge in [0.15, 0.2) is 11.6 Å². The van der Waals surface area contributed by atoms with E-state index in [0.29, 0.717) is 19.7 Å². The minimum absolute atomic E-state index is 0.140. The number of fused-ring (bicyclic) bond motifs is 1. The fourth-order valence-corrected chi connectivity index (χ4v) is 4.01. The summed E-state index contributed by atoms with van der Waals surface area (Å²) in [6.07, 6.45) is 3.73. The van der Waals surface area contributed by atoms with Gasteiger partial charge in [-0.1, -0.05) is 31.2 Å². The van der Waals surface area contributed by atoms with Crippen LogP contribution in [0.15, 0.2) is 54.9 Å². The smallest absolute Gasteiger partial charge is 0.227 e. The number of rotatable bonds is 6. The van der Waals surface area contributed by atoms with E-state index in [9.17, 15) is 9.18 Å². The number of likely N-dealkylation sites (tertiary alicyclic amines) is 1. The van der Waals surface area contributed by atoms with Crippen LogP contribution in [0.2, 0.25) is 0 Å². The molecule has 0 N–H and O–H groups in total. The highest BCUT2D eigenvalue weighted by Gasteiger charge is 2.27. The minimum atomic E-state index is -0.350. The molecule has 1 fully saturated rings. The molecule has 0 radical (unpaired) electrons. The largest absolute Gasteiger partial charge is 0.490 e. The van der Waals surface area contributed by atoms with Gasteiger partial charge in [-0.05, 0) is 37.1 Å². The first-order valence-electron chi connectivity index (χ1n) is 10.2. The maximum Gasteiger partial charge on any atom is 0.227 e. The fourth-order valence-electron chi connectivity index (χ4n) is 4.01. The van der Waals surface area contributed by atoms with Gasteiger partial charge in [-0.3, -0.25) is 4.79 Å². The van der Waals surface area contributed by atoms with E-state index in [1.807, 2.05) is 40.7 Å². The second-order valence-electron chi connectivity index (χ2n) is 7.82. The van der Waals surface area contributed by atoms with Crippen molar-refractivity contribution < 1.29 is 13.9 Å². The molecule has 0 saturated carbocycles. The SMILES string of the molecule is C[C@@H](Cn1cnc2ccccc21)C(=O)N1CCC[C@H](COc2ccccc2F)C1. The highest BCUT2D eigenvalue weighted by Crippen LogP contribution is 2.22. The molecular formula is C23H26FN3O2. The van der Waals surface area contributed by atoms with Gasteiger partial charge < -0.3 is 14.2 Å². The van der Waals surface area contributed by atoms with Gasteiger partial charge in [0.05, 0.1) is 29.9 Å². The Morgan fingerprint density at radius 2 is 2.03 bits per heavy atom. The number of benzene rings is 2. The van der Waals surface area contributed by atoms with Crippen LogP contribution in [0.5, 0.6) is 5.75 Å². The molecule has 2 atom stereocenters. The predicted octanol–water partition coefficient (Wildman–Crippen LogP) is 4.13. The maximum absolute atomic E-state index is 13.7. The lowest BCUT2D eigenvalue weighted by atomic mass is 9.97. The molecule has 29 heavy (non-hydrogen) atoms. The molecule has 2 heterocycles. The summed E-state index contributed by atoms with van der Waals surface area (Å²) in [5, 5.41) is 0. The Hall–Kier alpha value is -2.89. The Labute approximate surface area is 170 Å². The first-order chi connectivity index (χ1) is 14.1. The van der Waals surface area contributed by atoms with Crippen LogP contribution < -0.4 is 4.74 Å². The van der Waals surface area contributed by atoms with E-state index >= 15 is 0 Å². The molecule has 6 heteroatoms. The van der Waals surface area contributed by atoms with Crippen LogP contribution in [0.25, 0.3) is 11.0 Å². The normalized spacial score (nSPS) is 18.0. The molecule has 152 valence electrons. The van der Waals surface area contributed by atoms with Crippen molar-refractivity contribution in [2.24, 2.45) is 11.8 Å². The zero-order valence-corrected chi connectivity index (χ0v) is 16.6. The first kappa shape index (κ1) is 19.4. The van der Waals surface area contributed by atoms with Crippen LogP contribution in [0.1, 0.15) is 19.8 Å². The number of carbonyl (C=O) groups is 1. The molecule has 1 aliphatic rings. The van der Waals surface area contributed by atoms with E-state index in [1.54, 1.807) is 24.5 Å². The monoisotopic (exact) mass is 395 g/mol. The molecule has 5 nitrogen and oxygen atoms in total. The van der Waals surface area contributed by atoms with Crippen LogP contribution >= 0.6 is 0 Å². The molecule has 0 bridgehead atoms. The molecule has 0 spiro atoms. The highest BCUT2D eigenvalue weighted by atomic mass is 19.1. The van der Waals surface area contributed by atoms with Crippen molar-refractivity contribution in [2.45, 2.75) is 26.3 Å². The zero-order chi connectivity index (χ0) is 20.2. The van der Waals surface area contributed by atoms with Gasteiger partial charge in [-0.25, -0.2) is 9.37 Å². The van der Waals surface area contributed by atoms with Crippen molar-refractivity contribution in [1.29, 1.82) is 0 Å². The van der Waals surface area contributed by atoms with Crippen molar-refractivity contribution in [3.05, 3.63) is 60.7 Å². The number of imidazole rings is 1. The number of piperidine rings is 1. The third kappa shape index (κ3) is 4.42. The molecule has 0 aliphatic carbocycles. The molecular weight excluding hydrogens is 369 g/mol. The standard InChI is InChI=1S/C23H26FN3O2/c1-17(13-27-16-25-20-9-3-4-10-21(20)27)23(28)26-12-6-7-18(14-26)15-29-22-11-5-2-8-19(22)24/h2-5,8-11,16-18H,6-7,12-15H2,1H3/t17-,18-/m0/s1. The molecule has 2 aromatic carbocycles. The third-order valence-corrected chi connectivity index (χ3v) is 5.56. The summed E-state index contributed by atoms with van der Waals surface area (Å²) in [7, 11) is 0. The number of halogens is 1. The minimum Gasteiger partial charge on any atom is -0.490 e. The Morgan fingerprint density at radius 3 is 2.90 bits per heavy atom. The number of aromatic nitrogens is 2. The Morgan fingerprint density at radius 1 is 1.24 bits per heavy atom. The molecule has 4 rings (SSSR count). The summed E-state index contributed by atoms with van der Waals surface area (Å²) in [4.78, 5) is 19.4. The van der Waals surface area contributed by atoms with E-state index in [0.717, 1.165) is 30.4 Å². The van der Waals surface area contributed by atoms with E-state index in [4.69, 9.17) is 4.74 Å². The number of nitrogens with zero attached hydrogens (tertiary/aromatic N) is 3. The second kappa shape index (κ2) is 8.64. The predicted molar refractivity (Wildman–Crippen MR) is 110 cm³/mol. The number of amides is 1. The highest BCUT2D eigenvalue weighted by molar-refractivity contribution is 5.79. The number of para-hydroxylation sites is 3. The van der Waals surface area contributed by atoms with Crippen molar-refractivity contribution >= 4 is 16.9 Å². The number of hydrogen-bond donors (Lipinski definition) is 0. The lowest BCUT2D eigenvalue weighted by molar-refractivity contribution is -0.137. The molecule has 1 aliphatic heterocycles. The van der Waals surface area contributed by atoms with Crippen molar-refractivity contribution in [3.63, 3.8) is 0 Å². The van der Waals surface area contributed by atoms with Gasteiger partial charge in [-0.2, -0.15) is 0 Å². The molecule has 1 aromatic heterocycles. The van der Waals surface area contributed by atoms with E-state index in [2.05, 4.69) is 4.98 Å². The van der Waals surface area contributed by atoms with E-state index < -0.39 is 0 Å². The van der Waals surface area contributed by atoms with Gasteiger partial charge in [0, 0.05) is 25.6 Å². The van der Waals surface area contributed by atoms with E-state index in [1.165, 1.54) is 6.07 Å². The van der Waals surface area contributed by atoms with Crippen molar-refractivity contribution in [3.8, 4) is 5.75 Å². The molecule has 1 saturated heterocycles. The van der Waals surface area contributed by atoms with Crippen LogP contribution in [-0.2, 0) is 11.3 Å². The molecule has 3 aromatic rings. The summed E-state index contributed by atoms with van der Waals surface area (Å²) in [6, 6.07) is 14.4. The summed E-state index contributed by atoms with van der Waals surface area (Å²) in [5.41, 5.74) is 1.98. The van der Waals surface area contributed by atoms with Crippen molar-refractivity contribution in [1.82, 2.24) is 14.5 Å². The third-order valence-electron chi connectivity index (χ3n) is 5.56. The quantitative estimate of drug-likeness (QED) is 0.631. The zero-order valence-electron chi connectivity index (χ0n) is 16.6. The average Bonchev–Trinajstić information content (AvgIpc) is 3.16. The van der Waals surface area contributed by atoms with Gasteiger partial charge >= 0.3 is 0 Å². The number of ether oxygens (including phenoxy) is 1. The van der Waals surface area contributed by atoms with Crippen molar-refractivity contribution in [2.75, 3.05) is 19.7 Å². The van der Waals surface area contributed by atoms with Crippen LogP contribution in [0, 0.1) is 17.7 Å². The Bertz CT molecular complexity index is 987. The summed E-state index contributed by atoms with van der Waals surface area (Å²) < 4.78 is 21.5. The van der Waals surface area contributed by atoms with Gasteiger partial charge in [0.1, 0.15) is 0 Å². The van der Waals surface area contributed by atoms with Crippen LogP contribution in [0.4, 0.5) is 4.39 Å². The topological polar surface area (TPSA) is 47.4 Å². The van der Waals surface area contributed by atoms with Crippen LogP contribution in [0.3, 0.4) is 0 Å².